The molecule has 1 aromatic carbocycles. The van der Waals surface area contributed by atoms with E-state index in [2.05, 4.69) is 0 Å². The van der Waals surface area contributed by atoms with E-state index in [1.54, 1.807) is 18.2 Å². The number of benzene rings is 1. The normalized spacial score (nSPS) is 14.6. The molecule has 0 aromatic heterocycles. The highest BCUT2D eigenvalue weighted by Gasteiger charge is 2.19. The Morgan fingerprint density at radius 3 is 2.69 bits per heavy atom. The minimum Gasteiger partial charge on any atom is -0.508 e. The van der Waals surface area contributed by atoms with Gasteiger partial charge in [0, 0.05) is 19.5 Å². The maximum absolute atomic E-state index is 11.3. The Labute approximate surface area is 96.7 Å². The van der Waals surface area contributed by atoms with Crippen molar-refractivity contribution in [1.82, 2.24) is 4.90 Å². The largest absolute Gasteiger partial charge is 0.508 e. The number of carbonyl (C=O) groups excluding carboxylic acids is 1. The molecule has 1 heterocycles. The second kappa shape index (κ2) is 6.16. The molecule has 2 rings (SSSR count). The van der Waals surface area contributed by atoms with E-state index in [1.807, 2.05) is 24.8 Å². The van der Waals surface area contributed by atoms with Crippen molar-refractivity contribution in [2.45, 2.75) is 33.2 Å². The van der Waals surface area contributed by atoms with Crippen molar-refractivity contribution in [3.05, 3.63) is 29.8 Å². The maximum Gasteiger partial charge on any atom is 0.222 e. The molecule has 88 valence electrons. The van der Waals surface area contributed by atoms with Crippen molar-refractivity contribution in [1.29, 1.82) is 0 Å². The fraction of sp³-hybridized carbons (Fsp3) is 0.462. The lowest BCUT2D eigenvalue weighted by Gasteiger charge is -2.15. The number of amides is 1. The van der Waals surface area contributed by atoms with Crippen LogP contribution in [-0.4, -0.2) is 22.5 Å². The van der Waals surface area contributed by atoms with Gasteiger partial charge in [-0.15, -0.1) is 0 Å². The summed E-state index contributed by atoms with van der Waals surface area (Å²) in [5.74, 6) is 0.475. The molecular weight excluding hydrogens is 202 g/mol. The Kier molecular flexibility index (Phi) is 4.83. The van der Waals surface area contributed by atoms with Crippen molar-refractivity contribution in [3.8, 4) is 5.75 Å². The van der Waals surface area contributed by atoms with E-state index < -0.39 is 0 Å². The Hall–Kier alpha value is -1.51. The Morgan fingerprint density at radius 1 is 1.38 bits per heavy atom. The first kappa shape index (κ1) is 12.6. The predicted octanol–water partition coefficient (Wildman–Crippen LogP) is 2.54. The van der Waals surface area contributed by atoms with E-state index in [0.29, 0.717) is 13.0 Å². The lowest BCUT2D eigenvalue weighted by atomic mass is 10.2. The highest BCUT2D eigenvalue weighted by Crippen LogP contribution is 2.17. The summed E-state index contributed by atoms with van der Waals surface area (Å²) in [6.07, 6.45) is 1.62. The highest BCUT2D eigenvalue weighted by atomic mass is 16.3. The minimum atomic E-state index is 0.216. The highest BCUT2D eigenvalue weighted by molar-refractivity contribution is 5.78. The molecule has 0 atom stereocenters. The maximum atomic E-state index is 11.3. The number of hydrogen-bond donors (Lipinski definition) is 1. The first-order valence-electron chi connectivity index (χ1n) is 5.81. The Morgan fingerprint density at radius 2 is 2.12 bits per heavy atom. The summed E-state index contributed by atoms with van der Waals surface area (Å²) >= 11 is 0. The molecule has 1 aliphatic rings. The Bertz CT molecular complexity index is 350. The van der Waals surface area contributed by atoms with Crippen molar-refractivity contribution in [2.24, 2.45) is 0 Å². The monoisotopic (exact) mass is 221 g/mol. The number of nitrogens with zero attached hydrogens (tertiary/aromatic N) is 1. The molecule has 1 N–H and O–H groups in total. The average Bonchev–Trinajstić information content (AvgIpc) is 2.68. The molecule has 0 saturated carbocycles. The van der Waals surface area contributed by atoms with E-state index in [9.17, 15) is 9.90 Å². The topological polar surface area (TPSA) is 40.5 Å². The predicted molar refractivity (Wildman–Crippen MR) is 64.1 cm³/mol. The summed E-state index contributed by atoms with van der Waals surface area (Å²) in [4.78, 5) is 13.2. The molecule has 1 amide bonds. The third kappa shape index (κ3) is 3.26. The minimum absolute atomic E-state index is 0.216. The van der Waals surface area contributed by atoms with Gasteiger partial charge in [-0.25, -0.2) is 0 Å². The smallest absolute Gasteiger partial charge is 0.222 e. The van der Waals surface area contributed by atoms with Gasteiger partial charge in [0.2, 0.25) is 5.91 Å². The summed E-state index contributed by atoms with van der Waals surface area (Å²) in [6, 6.07) is 7.05. The van der Waals surface area contributed by atoms with Crippen LogP contribution in [0.25, 0.3) is 0 Å². The second-order valence-corrected chi connectivity index (χ2v) is 3.59. The number of phenolic OH excluding ortho intramolecular Hbond substituents is 1. The van der Waals surface area contributed by atoms with E-state index in [-0.39, 0.29) is 11.7 Å². The molecule has 16 heavy (non-hydrogen) atoms. The average molecular weight is 221 g/mol. The summed E-state index contributed by atoms with van der Waals surface area (Å²) in [7, 11) is 0. The summed E-state index contributed by atoms with van der Waals surface area (Å²) < 4.78 is 0. The quantitative estimate of drug-likeness (QED) is 0.833. The molecule has 1 aromatic rings. The second-order valence-electron chi connectivity index (χ2n) is 3.59. The van der Waals surface area contributed by atoms with Crippen LogP contribution in [-0.2, 0) is 11.3 Å². The van der Waals surface area contributed by atoms with Crippen molar-refractivity contribution in [2.75, 3.05) is 6.54 Å². The fourth-order valence-electron chi connectivity index (χ4n) is 1.75. The van der Waals surface area contributed by atoms with Crippen LogP contribution in [0.3, 0.4) is 0 Å². The molecule has 0 radical (unpaired) electrons. The molecule has 1 aliphatic heterocycles. The third-order valence-corrected chi connectivity index (χ3v) is 2.46. The molecule has 0 unspecified atom stereocenters. The number of carbonyl (C=O) groups is 1. The van der Waals surface area contributed by atoms with E-state index in [4.69, 9.17) is 0 Å². The van der Waals surface area contributed by atoms with Crippen molar-refractivity contribution < 1.29 is 9.90 Å². The van der Waals surface area contributed by atoms with Crippen LogP contribution < -0.4 is 0 Å². The van der Waals surface area contributed by atoms with Gasteiger partial charge < -0.3 is 10.0 Å². The SMILES string of the molecule is CC.O=C1CCCN1Cc1cccc(O)c1. The van der Waals surface area contributed by atoms with E-state index in [0.717, 1.165) is 18.5 Å². The van der Waals surface area contributed by atoms with Gasteiger partial charge >= 0.3 is 0 Å². The Balaban J connectivity index is 0.000000606. The van der Waals surface area contributed by atoms with Gasteiger partial charge in [0.15, 0.2) is 0 Å². The molecule has 0 bridgehead atoms. The van der Waals surface area contributed by atoms with Gasteiger partial charge in [-0.1, -0.05) is 26.0 Å². The lowest BCUT2D eigenvalue weighted by Crippen LogP contribution is -2.23. The van der Waals surface area contributed by atoms with Gasteiger partial charge in [0.1, 0.15) is 5.75 Å². The summed E-state index contributed by atoms with van der Waals surface area (Å²) in [5.41, 5.74) is 0.986. The van der Waals surface area contributed by atoms with Crippen LogP contribution >= 0.6 is 0 Å². The fourth-order valence-corrected chi connectivity index (χ4v) is 1.75. The molecule has 0 aliphatic carbocycles. The zero-order chi connectivity index (χ0) is 12.0. The van der Waals surface area contributed by atoms with E-state index >= 15 is 0 Å². The van der Waals surface area contributed by atoms with Crippen LogP contribution in [0.15, 0.2) is 24.3 Å². The number of hydrogen-bond acceptors (Lipinski definition) is 2. The number of phenols is 1. The van der Waals surface area contributed by atoms with Crippen LogP contribution in [0.4, 0.5) is 0 Å². The standard InChI is InChI=1S/C11H13NO2.C2H6/c13-10-4-1-3-9(7-10)8-12-6-2-5-11(12)14;1-2/h1,3-4,7,13H,2,5-6,8H2;1-2H3. The molecule has 3 heteroatoms. The number of aromatic hydroxyl groups is 1. The van der Waals surface area contributed by atoms with Gasteiger partial charge in [-0.3, -0.25) is 4.79 Å². The van der Waals surface area contributed by atoms with E-state index in [1.165, 1.54) is 0 Å². The van der Waals surface area contributed by atoms with Crippen LogP contribution in [0.2, 0.25) is 0 Å². The molecule has 1 saturated heterocycles. The van der Waals surface area contributed by atoms with Gasteiger partial charge in [-0.05, 0) is 24.1 Å². The third-order valence-electron chi connectivity index (χ3n) is 2.46. The first-order valence-corrected chi connectivity index (χ1v) is 5.81. The van der Waals surface area contributed by atoms with Gasteiger partial charge in [0.05, 0.1) is 0 Å². The molecule has 3 nitrogen and oxygen atoms in total. The van der Waals surface area contributed by atoms with Crippen molar-refractivity contribution in [3.63, 3.8) is 0 Å². The van der Waals surface area contributed by atoms with Crippen molar-refractivity contribution >= 4 is 5.91 Å². The van der Waals surface area contributed by atoms with Gasteiger partial charge in [0.25, 0.3) is 0 Å². The zero-order valence-corrected chi connectivity index (χ0v) is 9.94. The lowest BCUT2D eigenvalue weighted by molar-refractivity contribution is -0.128. The number of rotatable bonds is 2. The zero-order valence-electron chi connectivity index (χ0n) is 9.94. The van der Waals surface area contributed by atoms with Gasteiger partial charge in [-0.2, -0.15) is 0 Å². The van der Waals surface area contributed by atoms with Crippen LogP contribution in [0, 0.1) is 0 Å². The number of likely N-dealkylation sites (tertiary alicyclic amines) is 1. The summed E-state index contributed by atoms with van der Waals surface area (Å²) in [5, 5.41) is 9.25. The first-order chi connectivity index (χ1) is 7.75. The van der Waals surface area contributed by atoms with Crippen LogP contribution in [0.1, 0.15) is 32.3 Å². The molecule has 0 spiro atoms. The molecule has 1 fully saturated rings. The summed E-state index contributed by atoms with van der Waals surface area (Å²) in [6.45, 7) is 5.46. The van der Waals surface area contributed by atoms with Crippen LogP contribution in [0.5, 0.6) is 5.75 Å². The molecular formula is C13H19NO2.